The zero-order valence-electron chi connectivity index (χ0n) is 24.4. The Morgan fingerprint density at radius 2 is 1.20 bits per heavy atom. The Hall–Kier alpha value is -6.13. The van der Waals surface area contributed by atoms with E-state index in [1.54, 1.807) is 12.4 Å². The van der Waals surface area contributed by atoms with Crippen molar-refractivity contribution in [3.63, 3.8) is 0 Å². The van der Waals surface area contributed by atoms with Gasteiger partial charge in [0.25, 0.3) is 0 Å². The number of aromatic nitrogens is 1. The van der Waals surface area contributed by atoms with E-state index in [9.17, 15) is 0 Å². The molecule has 4 heteroatoms. The minimum Gasteiger partial charge on any atom is -0.299 e. The molecule has 1 aliphatic rings. The van der Waals surface area contributed by atoms with Gasteiger partial charge in [-0.25, -0.2) is 0 Å². The first-order valence-electron chi connectivity index (χ1n) is 15.0. The predicted octanol–water partition coefficient (Wildman–Crippen LogP) is 10.3. The molecule has 45 heavy (non-hydrogen) atoms. The Bertz CT molecular complexity index is 2310. The molecule has 0 aliphatic heterocycles. The van der Waals surface area contributed by atoms with Gasteiger partial charge in [-0.05, 0) is 108 Å². The lowest BCUT2D eigenvalue weighted by Crippen LogP contribution is -2.13. The lowest BCUT2D eigenvalue weighted by Gasteiger charge is -2.19. The van der Waals surface area contributed by atoms with Gasteiger partial charge in [-0.1, -0.05) is 103 Å². The van der Waals surface area contributed by atoms with Gasteiger partial charge in [0.15, 0.2) is 0 Å². The van der Waals surface area contributed by atoms with Gasteiger partial charge in [-0.15, -0.1) is 0 Å². The zero-order valence-corrected chi connectivity index (χ0v) is 24.4. The average Bonchev–Trinajstić information content (AvgIpc) is 3.10. The molecule has 0 amide bonds. The summed E-state index contributed by atoms with van der Waals surface area (Å²) in [7, 11) is 0. The molecule has 8 rings (SSSR count). The highest BCUT2D eigenvalue weighted by Gasteiger charge is 2.19. The second kappa shape index (κ2) is 11.2. The number of fused-ring (bicyclic) bond motifs is 3. The van der Waals surface area contributed by atoms with Gasteiger partial charge in [0.1, 0.15) is 5.71 Å². The van der Waals surface area contributed by atoms with Crippen molar-refractivity contribution in [3.8, 4) is 22.3 Å². The summed E-state index contributed by atoms with van der Waals surface area (Å²) in [6.45, 7) is 0. The maximum atomic E-state index is 8.93. The van der Waals surface area contributed by atoms with Crippen molar-refractivity contribution in [3.05, 3.63) is 164 Å². The Balaban J connectivity index is 1.19. The van der Waals surface area contributed by atoms with Crippen LogP contribution in [0.2, 0.25) is 0 Å². The van der Waals surface area contributed by atoms with Crippen molar-refractivity contribution in [2.45, 2.75) is 0 Å². The van der Waals surface area contributed by atoms with Crippen LogP contribution in [0.1, 0.15) is 5.56 Å². The van der Waals surface area contributed by atoms with E-state index < -0.39 is 0 Å². The summed E-state index contributed by atoms with van der Waals surface area (Å²) in [5, 5.41) is 20.7. The fourth-order valence-corrected chi connectivity index (χ4v) is 6.32. The van der Waals surface area contributed by atoms with E-state index in [0.717, 1.165) is 38.7 Å². The minimum atomic E-state index is 0.358. The van der Waals surface area contributed by atoms with E-state index in [2.05, 4.69) is 119 Å². The molecule has 0 saturated heterocycles. The predicted molar refractivity (Wildman–Crippen MR) is 190 cm³/mol. The highest BCUT2D eigenvalue weighted by Crippen LogP contribution is 2.43. The Morgan fingerprint density at radius 3 is 1.91 bits per heavy atom. The number of pyridine rings is 1. The topological polar surface area (TPSA) is 61.1 Å². The number of nitrogens with zero attached hydrogens (tertiary/aromatic N) is 2. The second-order valence-electron chi connectivity index (χ2n) is 11.2. The van der Waals surface area contributed by atoms with Crippen LogP contribution in [0.15, 0.2) is 163 Å². The Morgan fingerprint density at radius 1 is 0.533 bits per heavy atom. The number of hydrogen-bond acceptors (Lipinski definition) is 4. The maximum absolute atomic E-state index is 8.93. The molecule has 6 aromatic carbocycles. The SMILES string of the molecule is N=C1C=C(c2c3ccccc3c(-c3ccc4ccccc4c3)c3ccccc23)C=CC1=NNc1cccc(-c2ccncc2)c1. The summed E-state index contributed by atoms with van der Waals surface area (Å²) >= 11 is 0. The lowest BCUT2D eigenvalue weighted by molar-refractivity contribution is 1.32. The highest BCUT2D eigenvalue weighted by molar-refractivity contribution is 6.52. The van der Waals surface area contributed by atoms with E-state index in [1.165, 1.54) is 32.7 Å². The van der Waals surface area contributed by atoms with Crippen molar-refractivity contribution in [1.29, 1.82) is 5.41 Å². The van der Waals surface area contributed by atoms with Crippen LogP contribution in [-0.4, -0.2) is 16.4 Å². The van der Waals surface area contributed by atoms with Gasteiger partial charge in [-0.2, -0.15) is 5.10 Å². The van der Waals surface area contributed by atoms with E-state index in [1.807, 2.05) is 42.5 Å². The monoisotopic (exact) mass is 576 g/mol. The molecule has 0 fully saturated rings. The van der Waals surface area contributed by atoms with Crippen molar-refractivity contribution in [2.75, 3.05) is 5.43 Å². The molecule has 1 aromatic heterocycles. The van der Waals surface area contributed by atoms with Gasteiger partial charge in [0, 0.05) is 12.4 Å². The summed E-state index contributed by atoms with van der Waals surface area (Å²) in [5.74, 6) is 0. The summed E-state index contributed by atoms with van der Waals surface area (Å²) in [5.41, 5.74) is 11.7. The molecule has 212 valence electrons. The van der Waals surface area contributed by atoms with Gasteiger partial charge < -0.3 is 0 Å². The molecule has 0 atom stereocenters. The third kappa shape index (κ3) is 4.89. The quantitative estimate of drug-likeness (QED) is 0.122. The van der Waals surface area contributed by atoms with Crippen LogP contribution in [0.3, 0.4) is 0 Å². The smallest absolute Gasteiger partial charge is 0.108 e. The molecule has 1 aliphatic carbocycles. The first kappa shape index (κ1) is 26.5. The van der Waals surface area contributed by atoms with E-state index in [0.29, 0.717) is 11.4 Å². The number of nitrogens with one attached hydrogen (secondary N) is 2. The van der Waals surface area contributed by atoms with E-state index in [-0.39, 0.29) is 0 Å². The zero-order chi connectivity index (χ0) is 30.2. The minimum absolute atomic E-state index is 0.358. The Kier molecular flexibility index (Phi) is 6.58. The van der Waals surface area contributed by atoms with Crippen LogP contribution in [0.25, 0.3) is 60.1 Å². The molecule has 4 nitrogen and oxygen atoms in total. The third-order valence-corrected chi connectivity index (χ3v) is 8.44. The number of anilines is 1. The van der Waals surface area contributed by atoms with Crippen molar-refractivity contribution < 1.29 is 0 Å². The number of benzene rings is 6. The molecule has 2 N–H and O–H groups in total. The molecule has 1 heterocycles. The largest absolute Gasteiger partial charge is 0.299 e. The number of allylic oxidation sites excluding steroid dienone is 4. The van der Waals surface area contributed by atoms with Crippen LogP contribution in [-0.2, 0) is 0 Å². The summed E-state index contributed by atoms with van der Waals surface area (Å²) in [6.07, 6.45) is 9.51. The van der Waals surface area contributed by atoms with Crippen molar-refractivity contribution >= 4 is 55.0 Å². The Labute approximate surface area is 261 Å². The van der Waals surface area contributed by atoms with E-state index >= 15 is 0 Å². The first-order valence-corrected chi connectivity index (χ1v) is 15.0. The van der Waals surface area contributed by atoms with Gasteiger partial charge in [0.2, 0.25) is 0 Å². The van der Waals surface area contributed by atoms with E-state index in [4.69, 9.17) is 5.41 Å². The number of hydrogen-bond donors (Lipinski definition) is 2. The number of rotatable bonds is 5. The van der Waals surface area contributed by atoms with Crippen LogP contribution in [0.4, 0.5) is 5.69 Å². The highest BCUT2D eigenvalue weighted by atomic mass is 15.3. The van der Waals surface area contributed by atoms with Crippen LogP contribution in [0, 0.1) is 5.41 Å². The molecule has 0 spiro atoms. The second-order valence-corrected chi connectivity index (χ2v) is 11.2. The first-order chi connectivity index (χ1) is 22.2. The maximum Gasteiger partial charge on any atom is 0.108 e. The summed E-state index contributed by atoms with van der Waals surface area (Å²) < 4.78 is 0. The summed E-state index contributed by atoms with van der Waals surface area (Å²) in [4.78, 5) is 4.11. The van der Waals surface area contributed by atoms with Gasteiger partial charge in [-0.3, -0.25) is 15.8 Å². The lowest BCUT2D eigenvalue weighted by atomic mass is 9.84. The fourth-order valence-electron chi connectivity index (χ4n) is 6.32. The van der Waals surface area contributed by atoms with Crippen molar-refractivity contribution in [1.82, 2.24) is 4.98 Å². The standard InChI is InChI=1S/C41H28N4/c42-38-26-32(18-19-39(38)45-44-33-11-7-10-30(25-33)28-20-22-43-23-21-28)41-36-14-5-3-12-34(36)40(35-13-4-6-15-37(35)41)31-17-16-27-8-1-2-9-29(27)24-31/h1-26,42,44H. The average molecular weight is 577 g/mol. The molecular weight excluding hydrogens is 548 g/mol. The fraction of sp³-hybridized carbons (Fsp3) is 0. The van der Waals surface area contributed by atoms with Crippen LogP contribution >= 0.6 is 0 Å². The van der Waals surface area contributed by atoms with Gasteiger partial charge in [0.05, 0.1) is 11.4 Å². The van der Waals surface area contributed by atoms with Gasteiger partial charge >= 0.3 is 0 Å². The van der Waals surface area contributed by atoms with Crippen LogP contribution in [0.5, 0.6) is 0 Å². The van der Waals surface area contributed by atoms with Crippen molar-refractivity contribution in [2.24, 2.45) is 5.10 Å². The molecule has 0 saturated carbocycles. The normalized spacial score (nSPS) is 13.9. The molecular formula is C41H28N4. The van der Waals surface area contributed by atoms with Crippen LogP contribution < -0.4 is 5.43 Å². The third-order valence-electron chi connectivity index (χ3n) is 8.44. The molecule has 0 radical (unpaired) electrons. The number of hydrazone groups is 1. The summed E-state index contributed by atoms with van der Waals surface area (Å²) in [6, 6.07) is 44.5. The molecule has 0 unspecified atom stereocenters. The molecule has 0 bridgehead atoms. The molecule has 7 aromatic rings.